The van der Waals surface area contributed by atoms with Gasteiger partial charge in [-0.3, -0.25) is 4.79 Å². The van der Waals surface area contributed by atoms with Gasteiger partial charge in [-0.2, -0.15) is 0 Å². The Morgan fingerprint density at radius 3 is 1.93 bits per heavy atom. The van der Waals surface area contributed by atoms with Gasteiger partial charge in [0.25, 0.3) is 0 Å². The van der Waals surface area contributed by atoms with Crippen LogP contribution in [0.4, 0.5) is 0 Å². The number of hydrazine groups is 1. The molecule has 0 aliphatic rings. The smallest absolute Gasteiger partial charge is 0.159 e. The van der Waals surface area contributed by atoms with E-state index in [0.717, 1.165) is 5.70 Å². The van der Waals surface area contributed by atoms with Crippen molar-refractivity contribution < 1.29 is 4.79 Å². The molecule has 0 unspecified atom stereocenters. The second-order valence-corrected chi connectivity index (χ2v) is 4.32. The van der Waals surface area contributed by atoms with Crippen molar-refractivity contribution in [1.29, 1.82) is 0 Å². The van der Waals surface area contributed by atoms with Gasteiger partial charge in [0, 0.05) is 31.8 Å². The van der Waals surface area contributed by atoms with Crippen LogP contribution in [-0.2, 0) is 4.79 Å². The maximum atomic E-state index is 11.5. The van der Waals surface area contributed by atoms with Crippen LogP contribution in [0.3, 0.4) is 0 Å². The molecule has 0 heterocycles. The number of ketones is 1. The van der Waals surface area contributed by atoms with Gasteiger partial charge in [0.2, 0.25) is 0 Å². The molecule has 0 aromatic rings. The minimum absolute atomic E-state index is 0.0627. The molecule has 0 spiro atoms. The Hall–Kier alpha value is -0.830. The SMILES string of the molecule is CC(C)C(=O)/C=C(/NN(C)C)C(C)C. The van der Waals surface area contributed by atoms with Crippen molar-refractivity contribution in [2.45, 2.75) is 27.7 Å². The van der Waals surface area contributed by atoms with E-state index in [1.807, 2.05) is 33.0 Å². The lowest BCUT2D eigenvalue weighted by molar-refractivity contribution is -0.117. The average Bonchev–Trinajstić information content (AvgIpc) is 2.01. The molecule has 0 atom stereocenters. The fourth-order valence-corrected chi connectivity index (χ4v) is 0.906. The predicted octanol–water partition coefficient (Wildman–Crippen LogP) is 1.82. The molecule has 3 nitrogen and oxygen atoms in total. The first-order valence-electron chi connectivity index (χ1n) is 5.04. The summed E-state index contributed by atoms with van der Waals surface area (Å²) in [7, 11) is 3.83. The molecular weight excluding hydrogens is 176 g/mol. The number of nitrogens with zero attached hydrogens (tertiary/aromatic N) is 1. The first-order chi connectivity index (χ1) is 6.34. The van der Waals surface area contributed by atoms with E-state index in [0.29, 0.717) is 5.92 Å². The standard InChI is InChI=1S/C11H22N2O/c1-8(2)10(12-13(5)6)7-11(14)9(3)4/h7-9,12H,1-6H3/b10-7+. The van der Waals surface area contributed by atoms with Crippen LogP contribution in [0.5, 0.6) is 0 Å². The quantitative estimate of drug-likeness (QED) is 0.540. The van der Waals surface area contributed by atoms with Gasteiger partial charge in [-0.05, 0) is 5.92 Å². The Kier molecular flexibility index (Phi) is 5.46. The lowest BCUT2D eigenvalue weighted by Crippen LogP contribution is -2.32. The largest absolute Gasteiger partial charge is 0.323 e. The van der Waals surface area contributed by atoms with Crippen LogP contribution in [0, 0.1) is 11.8 Å². The van der Waals surface area contributed by atoms with Gasteiger partial charge in [-0.15, -0.1) is 0 Å². The van der Waals surface area contributed by atoms with E-state index in [2.05, 4.69) is 19.3 Å². The average molecular weight is 198 g/mol. The summed E-state index contributed by atoms with van der Waals surface area (Å²) in [5.41, 5.74) is 4.11. The zero-order valence-electron chi connectivity index (χ0n) is 10.1. The summed E-state index contributed by atoms with van der Waals surface area (Å²) < 4.78 is 0. The van der Waals surface area contributed by atoms with Gasteiger partial charge < -0.3 is 5.43 Å². The normalized spacial score (nSPS) is 12.8. The Bertz CT molecular complexity index is 217. The zero-order chi connectivity index (χ0) is 11.3. The molecule has 0 aromatic heterocycles. The van der Waals surface area contributed by atoms with E-state index in [9.17, 15) is 4.79 Å². The maximum Gasteiger partial charge on any atom is 0.159 e. The Balaban J connectivity index is 4.56. The van der Waals surface area contributed by atoms with E-state index in [1.54, 1.807) is 6.08 Å². The topological polar surface area (TPSA) is 32.3 Å². The summed E-state index contributed by atoms with van der Waals surface area (Å²) in [5.74, 6) is 0.566. The fourth-order valence-electron chi connectivity index (χ4n) is 0.906. The van der Waals surface area contributed by atoms with E-state index < -0.39 is 0 Å². The summed E-state index contributed by atoms with van der Waals surface area (Å²) in [6, 6.07) is 0. The first-order valence-corrected chi connectivity index (χ1v) is 5.04. The molecule has 0 aliphatic carbocycles. The molecule has 0 bridgehead atoms. The lowest BCUT2D eigenvalue weighted by Gasteiger charge is -2.19. The molecule has 0 radical (unpaired) electrons. The highest BCUT2D eigenvalue weighted by Crippen LogP contribution is 2.08. The second-order valence-electron chi connectivity index (χ2n) is 4.32. The molecule has 0 amide bonds. The molecule has 1 N–H and O–H groups in total. The molecule has 0 rings (SSSR count). The third kappa shape index (κ3) is 5.02. The van der Waals surface area contributed by atoms with Gasteiger partial charge in [0.15, 0.2) is 5.78 Å². The molecule has 0 saturated carbocycles. The van der Waals surface area contributed by atoms with Crippen LogP contribution in [0.15, 0.2) is 11.8 Å². The number of carbonyl (C=O) groups excluding carboxylic acids is 1. The van der Waals surface area contributed by atoms with E-state index in [-0.39, 0.29) is 11.7 Å². The molecule has 0 aliphatic heterocycles. The van der Waals surface area contributed by atoms with Crippen molar-refractivity contribution >= 4 is 5.78 Å². The van der Waals surface area contributed by atoms with E-state index in [4.69, 9.17) is 0 Å². The number of carbonyl (C=O) groups is 1. The molecule has 0 saturated heterocycles. The van der Waals surface area contributed by atoms with Crippen molar-refractivity contribution in [3.05, 3.63) is 11.8 Å². The minimum atomic E-state index is 0.0627. The Labute approximate surface area is 87.1 Å². The van der Waals surface area contributed by atoms with E-state index >= 15 is 0 Å². The summed E-state index contributed by atoms with van der Waals surface area (Å²) in [5, 5.41) is 1.85. The van der Waals surface area contributed by atoms with Gasteiger partial charge in [0.1, 0.15) is 0 Å². The number of hydrogen-bond acceptors (Lipinski definition) is 3. The highest BCUT2D eigenvalue weighted by Gasteiger charge is 2.09. The minimum Gasteiger partial charge on any atom is -0.323 e. The molecule has 0 fully saturated rings. The van der Waals surface area contributed by atoms with Crippen LogP contribution in [-0.4, -0.2) is 24.9 Å². The highest BCUT2D eigenvalue weighted by molar-refractivity contribution is 5.91. The summed E-state index contributed by atoms with van der Waals surface area (Å²) in [4.78, 5) is 11.5. The number of allylic oxidation sites excluding steroid dienone is 2. The summed E-state index contributed by atoms with van der Waals surface area (Å²) >= 11 is 0. The van der Waals surface area contributed by atoms with Crippen molar-refractivity contribution in [1.82, 2.24) is 10.4 Å². The van der Waals surface area contributed by atoms with Crippen LogP contribution in [0.2, 0.25) is 0 Å². The van der Waals surface area contributed by atoms with Gasteiger partial charge in [-0.25, -0.2) is 5.01 Å². The van der Waals surface area contributed by atoms with Crippen molar-refractivity contribution in [2.75, 3.05) is 14.1 Å². The third-order valence-corrected chi connectivity index (χ3v) is 1.84. The maximum absolute atomic E-state index is 11.5. The number of hydrogen-bond donors (Lipinski definition) is 1. The fraction of sp³-hybridized carbons (Fsp3) is 0.727. The van der Waals surface area contributed by atoms with Crippen molar-refractivity contribution in [3.8, 4) is 0 Å². The summed E-state index contributed by atoms with van der Waals surface area (Å²) in [6.45, 7) is 7.95. The van der Waals surface area contributed by atoms with Gasteiger partial charge in [-0.1, -0.05) is 27.7 Å². The van der Waals surface area contributed by atoms with Crippen molar-refractivity contribution in [2.24, 2.45) is 11.8 Å². The van der Waals surface area contributed by atoms with Gasteiger partial charge >= 0.3 is 0 Å². The van der Waals surface area contributed by atoms with Crippen LogP contribution >= 0.6 is 0 Å². The number of nitrogens with one attached hydrogen (secondary N) is 1. The molecule has 82 valence electrons. The first kappa shape index (κ1) is 13.2. The predicted molar refractivity (Wildman–Crippen MR) is 59.6 cm³/mol. The lowest BCUT2D eigenvalue weighted by atomic mass is 10.0. The number of rotatable bonds is 5. The van der Waals surface area contributed by atoms with Crippen molar-refractivity contribution in [3.63, 3.8) is 0 Å². The summed E-state index contributed by atoms with van der Waals surface area (Å²) in [6.07, 6.45) is 1.70. The highest BCUT2D eigenvalue weighted by atomic mass is 16.1. The monoisotopic (exact) mass is 198 g/mol. The molecular formula is C11H22N2O. The van der Waals surface area contributed by atoms with Crippen LogP contribution in [0.25, 0.3) is 0 Å². The van der Waals surface area contributed by atoms with E-state index in [1.165, 1.54) is 0 Å². The zero-order valence-corrected chi connectivity index (χ0v) is 10.1. The van der Waals surface area contributed by atoms with Crippen LogP contribution in [0.1, 0.15) is 27.7 Å². The molecule has 0 aromatic carbocycles. The molecule has 3 heteroatoms. The second kappa shape index (κ2) is 5.81. The Morgan fingerprint density at radius 2 is 1.64 bits per heavy atom. The molecule has 14 heavy (non-hydrogen) atoms. The van der Waals surface area contributed by atoms with Gasteiger partial charge in [0.05, 0.1) is 0 Å². The third-order valence-electron chi connectivity index (χ3n) is 1.84. The van der Waals surface area contributed by atoms with Crippen LogP contribution < -0.4 is 5.43 Å². The Morgan fingerprint density at radius 1 is 1.14 bits per heavy atom.